The van der Waals surface area contributed by atoms with Gasteiger partial charge in [-0.05, 0) is 45.4 Å². The van der Waals surface area contributed by atoms with Gasteiger partial charge in [-0.1, -0.05) is 42.5 Å². The van der Waals surface area contributed by atoms with Gasteiger partial charge >= 0.3 is 0 Å². The Morgan fingerprint density at radius 3 is 2.30 bits per heavy atom. The Morgan fingerprint density at radius 1 is 0.900 bits per heavy atom. The van der Waals surface area contributed by atoms with Gasteiger partial charge in [0.1, 0.15) is 0 Å². The number of hydrogen-bond donors (Lipinski definition) is 0. The summed E-state index contributed by atoms with van der Waals surface area (Å²) in [6, 6.07) is 18.8. The van der Waals surface area contributed by atoms with Crippen LogP contribution >= 0.6 is 11.8 Å². The summed E-state index contributed by atoms with van der Waals surface area (Å²) >= 11 is 1.26. The number of benzene rings is 3. The number of amides is 1. The molecule has 0 unspecified atom stereocenters. The normalized spacial score (nSPS) is 10.9. The van der Waals surface area contributed by atoms with Gasteiger partial charge in [-0.15, -0.1) is 0 Å². The maximum absolute atomic E-state index is 11.8. The molecule has 0 fully saturated rings. The molecule has 0 N–H and O–H groups in total. The molecular formula is C17H15NOS. The lowest BCUT2D eigenvalue weighted by Crippen LogP contribution is -2.15. The maximum Gasteiger partial charge on any atom is 0.285 e. The van der Waals surface area contributed by atoms with Gasteiger partial charge in [-0.3, -0.25) is 4.79 Å². The van der Waals surface area contributed by atoms with E-state index in [-0.39, 0.29) is 5.24 Å². The summed E-state index contributed by atoms with van der Waals surface area (Å²) in [6.07, 6.45) is 0. The second-order valence-corrected chi connectivity index (χ2v) is 5.96. The van der Waals surface area contributed by atoms with E-state index in [9.17, 15) is 4.79 Å². The minimum absolute atomic E-state index is 0.0459. The summed E-state index contributed by atoms with van der Waals surface area (Å²) in [6.45, 7) is 0. The summed E-state index contributed by atoms with van der Waals surface area (Å²) in [7, 11) is 3.54. The molecule has 20 heavy (non-hydrogen) atoms. The van der Waals surface area contributed by atoms with Gasteiger partial charge in [-0.25, -0.2) is 0 Å². The van der Waals surface area contributed by atoms with Crippen molar-refractivity contribution in [1.29, 1.82) is 0 Å². The topological polar surface area (TPSA) is 20.3 Å². The fourth-order valence-corrected chi connectivity index (χ4v) is 2.93. The molecule has 0 spiro atoms. The van der Waals surface area contributed by atoms with E-state index < -0.39 is 0 Å². The first-order chi connectivity index (χ1) is 9.65. The third-order valence-electron chi connectivity index (χ3n) is 3.29. The highest BCUT2D eigenvalue weighted by atomic mass is 32.2. The molecule has 0 saturated heterocycles. The predicted molar refractivity (Wildman–Crippen MR) is 86.4 cm³/mol. The van der Waals surface area contributed by atoms with Crippen molar-refractivity contribution in [2.24, 2.45) is 0 Å². The number of nitrogens with zero attached hydrogens (tertiary/aromatic N) is 1. The molecule has 0 heterocycles. The van der Waals surface area contributed by atoms with Crippen LogP contribution in [0.15, 0.2) is 59.5 Å². The Morgan fingerprint density at radius 2 is 1.55 bits per heavy atom. The van der Waals surface area contributed by atoms with E-state index in [0.717, 1.165) is 4.90 Å². The Kier molecular flexibility index (Phi) is 3.36. The van der Waals surface area contributed by atoms with Crippen LogP contribution in [-0.2, 0) is 0 Å². The van der Waals surface area contributed by atoms with Crippen molar-refractivity contribution in [1.82, 2.24) is 4.90 Å². The minimum atomic E-state index is 0.0459. The van der Waals surface area contributed by atoms with Crippen molar-refractivity contribution < 1.29 is 4.79 Å². The monoisotopic (exact) mass is 281 g/mol. The van der Waals surface area contributed by atoms with Crippen molar-refractivity contribution in [3.05, 3.63) is 54.6 Å². The van der Waals surface area contributed by atoms with Crippen molar-refractivity contribution in [3.63, 3.8) is 0 Å². The Balaban J connectivity index is 2.13. The molecule has 0 atom stereocenters. The standard InChI is InChI=1S/C17H15NOS/c1-18(2)17(19)20-14-10-9-13-8-7-12-5-3-4-6-15(12)16(13)11-14/h3-11H,1-2H3. The summed E-state index contributed by atoms with van der Waals surface area (Å²) in [5, 5.41) is 4.89. The van der Waals surface area contributed by atoms with Crippen LogP contribution in [0.4, 0.5) is 4.79 Å². The molecule has 0 radical (unpaired) electrons. The van der Waals surface area contributed by atoms with Crippen LogP contribution in [-0.4, -0.2) is 24.2 Å². The van der Waals surface area contributed by atoms with E-state index in [1.165, 1.54) is 33.3 Å². The van der Waals surface area contributed by atoms with Crippen LogP contribution in [0.1, 0.15) is 0 Å². The molecule has 0 saturated carbocycles. The van der Waals surface area contributed by atoms with E-state index >= 15 is 0 Å². The molecule has 3 rings (SSSR count). The van der Waals surface area contributed by atoms with E-state index in [1.54, 1.807) is 19.0 Å². The van der Waals surface area contributed by atoms with Crippen molar-refractivity contribution in [2.75, 3.05) is 14.1 Å². The number of hydrogen-bond acceptors (Lipinski definition) is 2. The molecule has 0 aliphatic carbocycles. The first-order valence-corrected chi connectivity index (χ1v) is 7.27. The molecule has 0 aromatic heterocycles. The summed E-state index contributed by atoms with van der Waals surface area (Å²) < 4.78 is 0. The van der Waals surface area contributed by atoms with E-state index in [4.69, 9.17) is 0 Å². The van der Waals surface area contributed by atoms with E-state index in [1.807, 2.05) is 18.2 Å². The Hall–Kier alpha value is -2.00. The quantitative estimate of drug-likeness (QED) is 0.473. The van der Waals surface area contributed by atoms with Gasteiger partial charge in [-0.2, -0.15) is 0 Å². The average Bonchev–Trinajstić information content (AvgIpc) is 2.47. The van der Waals surface area contributed by atoms with Crippen LogP contribution in [0.3, 0.4) is 0 Å². The summed E-state index contributed by atoms with van der Waals surface area (Å²) in [5.41, 5.74) is 0. The lowest BCUT2D eigenvalue weighted by Gasteiger charge is -2.10. The molecule has 3 heteroatoms. The molecule has 2 nitrogen and oxygen atoms in total. The van der Waals surface area contributed by atoms with Crippen LogP contribution < -0.4 is 0 Å². The van der Waals surface area contributed by atoms with Crippen LogP contribution in [0.2, 0.25) is 0 Å². The number of carbonyl (C=O) groups excluding carboxylic acids is 1. The van der Waals surface area contributed by atoms with Crippen molar-refractivity contribution in [3.8, 4) is 0 Å². The third-order valence-corrected chi connectivity index (χ3v) is 4.32. The van der Waals surface area contributed by atoms with Gasteiger partial charge < -0.3 is 4.90 Å². The number of fused-ring (bicyclic) bond motifs is 3. The smallest absolute Gasteiger partial charge is 0.285 e. The van der Waals surface area contributed by atoms with Crippen LogP contribution in [0.5, 0.6) is 0 Å². The van der Waals surface area contributed by atoms with Crippen LogP contribution in [0, 0.1) is 0 Å². The fraction of sp³-hybridized carbons (Fsp3) is 0.118. The number of carbonyl (C=O) groups is 1. The zero-order valence-electron chi connectivity index (χ0n) is 11.5. The molecule has 3 aromatic rings. The molecule has 0 aliphatic rings. The number of rotatable bonds is 1. The molecule has 100 valence electrons. The van der Waals surface area contributed by atoms with Gasteiger partial charge in [0.15, 0.2) is 0 Å². The highest BCUT2D eigenvalue weighted by Crippen LogP contribution is 2.30. The zero-order valence-corrected chi connectivity index (χ0v) is 12.3. The van der Waals surface area contributed by atoms with E-state index in [2.05, 4.69) is 36.4 Å². The third kappa shape index (κ3) is 2.37. The number of thioether (sulfide) groups is 1. The zero-order chi connectivity index (χ0) is 14.1. The predicted octanol–water partition coefficient (Wildman–Crippen LogP) is 4.77. The van der Waals surface area contributed by atoms with Gasteiger partial charge in [0.05, 0.1) is 0 Å². The average molecular weight is 281 g/mol. The second-order valence-electron chi connectivity index (χ2n) is 4.93. The maximum atomic E-state index is 11.8. The molecular weight excluding hydrogens is 266 g/mol. The van der Waals surface area contributed by atoms with Crippen LogP contribution in [0.25, 0.3) is 21.5 Å². The van der Waals surface area contributed by atoms with Crippen molar-refractivity contribution in [2.45, 2.75) is 4.90 Å². The first kappa shape index (κ1) is 13.0. The SMILES string of the molecule is CN(C)C(=O)Sc1ccc2ccc3ccccc3c2c1. The highest BCUT2D eigenvalue weighted by molar-refractivity contribution is 8.13. The van der Waals surface area contributed by atoms with Gasteiger partial charge in [0.2, 0.25) is 0 Å². The Bertz CT molecular complexity index is 795. The highest BCUT2D eigenvalue weighted by Gasteiger charge is 2.08. The molecule has 1 amide bonds. The first-order valence-electron chi connectivity index (χ1n) is 6.46. The molecule has 0 aliphatic heterocycles. The minimum Gasteiger partial charge on any atom is -0.339 e. The van der Waals surface area contributed by atoms with Gasteiger partial charge in [0.25, 0.3) is 5.24 Å². The summed E-state index contributed by atoms with van der Waals surface area (Å²) in [4.78, 5) is 14.4. The lowest BCUT2D eigenvalue weighted by molar-refractivity contribution is 0.241. The second kappa shape index (κ2) is 5.17. The van der Waals surface area contributed by atoms with Gasteiger partial charge in [0, 0.05) is 19.0 Å². The van der Waals surface area contributed by atoms with Crippen molar-refractivity contribution >= 4 is 38.5 Å². The van der Waals surface area contributed by atoms with E-state index in [0.29, 0.717) is 0 Å². The Labute approximate surface area is 122 Å². The summed E-state index contributed by atoms with van der Waals surface area (Å²) in [5.74, 6) is 0. The molecule has 3 aromatic carbocycles. The molecule has 0 bridgehead atoms. The fourth-order valence-electron chi connectivity index (χ4n) is 2.24. The largest absolute Gasteiger partial charge is 0.339 e. The lowest BCUT2D eigenvalue weighted by atomic mass is 10.0.